The summed E-state index contributed by atoms with van der Waals surface area (Å²) >= 11 is 0. The van der Waals surface area contributed by atoms with E-state index >= 15 is 0 Å². The van der Waals surface area contributed by atoms with E-state index < -0.39 is 5.82 Å². The molecule has 0 saturated carbocycles. The van der Waals surface area contributed by atoms with E-state index in [1.165, 1.54) is 18.5 Å². The van der Waals surface area contributed by atoms with Crippen molar-refractivity contribution in [2.75, 3.05) is 39.3 Å². The van der Waals surface area contributed by atoms with Crippen molar-refractivity contribution in [3.8, 4) is 0 Å². The van der Waals surface area contributed by atoms with Gasteiger partial charge in [-0.3, -0.25) is 9.69 Å². The highest BCUT2D eigenvalue weighted by Gasteiger charge is 2.32. The summed E-state index contributed by atoms with van der Waals surface area (Å²) in [5.41, 5.74) is 1.45. The number of aromatic amines is 1. The van der Waals surface area contributed by atoms with Gasteiger partial charge in [-0.1, -0.05) is 0 Å². The first-order valence-corrected chi connectivity index (χ1v) is 8.09. The Balaban J connectivity index is 0.00000113. The number of benzene rings is 1. The third kappa shape index (κ3) is 3.89. The molecule has 2 N–H and O–H groups in total. The lowest BCUT2D eigenvalue weighted by molar-refractivity contribution is 0.0774. The minimum Gasteiger partial charge on any atom is -0.344 e. The van der Waals surface area contributed by atoms with Crippen molar-refractivity contribution in [3.05, 3.63) is 29.8 Å². The second kappa shape index (κ2) is 8.31. The average Bonchev–Trinajstić information content (AvgIpc) is 3.23. The van der Waals surface area contributed by atoms with E-state index in [1.807, 2.05) is 4.90 Å². The molecule has 4 rings (SSSR count). The zero-order valence-corrected chi connectivity index (χ0v) is 15.3. The number of aromatic nitrogens is 2. The smallest absolute Gasteiger partial charge is 0.256 e. The molecular weight excluding hydrogens is 368 g/mol. The lowest BCUT2D eigenvalue weighted by Gasteiger charge is -2.32. The van der Waals surface area contributed by atoms with Crippen LogP contribution in [0.25, 0.3) is 11.0 Å². The molecule has 0 aliphatic carbocycles. The molecule has 3 heterocycles. The molecule has 138 valence electrons. The highest BCUT2D eigenvalue weighted by Crippen LogP contribution is 2.23. The number of nitrogens with one attached hydrogen (secondary N) is 2. The van der Waals surface area contributed by atoms with Crippen LogP contribution in [-0.4, -0.2) is 71.0 Å². The molecule has 1 amide bonds. The van der Waals surface area contributed by atoms with Crippen LogP contribution in [-0.2, 0) is 0 Å². The summed E-state index contributed by atoms with van der Waals surface area (Å²) in [4.78, 5) is 24.1. The summed E-state index contributed by atoms with van der Waals surface area (Å²) in [5.74, 6) is -0.540. The lowest BCUT2D eigenvalue weighted by Crippen LogP contribution is -2.49. The van der Waals surface area contributed by atoms with Gasteiger partial charge in [0.25, 0.3) is 5.91 Å². The number of carbonyl (C=O) groups excluding carboxylic acids is 1. The summed E-state index contributed by atoms with van der Waals surface area (Å²) in [6.07, 6.45) is 2.47. The van der Waals surface area contributed by atoms with Crippen LogP contribution in [0.3, 0.4) is 0 Å². The van der Waals surface area contributed by atoms with Crippen LogP contribution in [0, 0.1) is 5.82 Å². The molecule has 6 nitrogen and oxygen atoms in total. The second-order valence-corrected chi connectivity index (χ2v) is 6.23. The van der Waals surface area contributed by atoms with E-state index in [2.05, 4.69) is 20.2 Å². The van der Waals surface area contributed by atoms with Gasteiger partial charge >= 0.3 is 0 Å². The Kier molecular flexibility index (Phi) is 6.62. The summed E-state index contributed by atoms with van der Waals surface area (Å²) in [5, 5.41) is 3.35. The molecule has 2 aliphatic rings. The van der Waals surface area contributed by atoms with Gasteiger partial charge in [0, 0.05) is 45.3 Å². The molecule has 2 fully saturated rings. The van der Waals surface area contributed by atoms with Crippen molar-refractivity contribution in [3.63, 3.8) is 0 Å². The van der Waals surface area contributed by atoms with Gasteiger partial charge in [0.1, 0.15) is 11.3 Å². The van der Waals surface area contributed by atoms with E-state index in [0.29, 0.717) is 29.2 Å². The summed E-state index contributed by atoms with van der Waals surface area (Å²) in [7, 11) is 0. The van der Waals surface area contributed by atoms with Crippen molar-refractivity contribution < 1.29 is 9.18 Å². The summed E-state index contributed by atoms with van der Waals surface area (Å²) < 4.78 is 13.8. The second-order valence-electron chi connectivity index (χ2n) is 6.23. The normalized spacial score (nSPS) is 21.0. The maximum Gasteiger partial charge on any atom is 0.256 e. The topological polar surface area (TPSA) is 64.3 Å². The largest absolute Gasteiger partial charge is 0.344 e. The van der Waals surface area contributed by atoms with E-state index in [0.717, 1.165) is 39.1 Å². The molecule has 1 atom stereocenters. The minimum absolute atomic E-state index is 0. The number of piperazine rings is 1. The zero-order valence-electron chi connectivity index (χ0n) is 13.7. The van der Waals surface area contributed by atoms with Crippen LogP contribution >= 0.6 is 24.8 Å². The highest BCUT2D eigenvalue weighted by molar-refractivity contribution is 6.04. The number of halogens is 3. The van der Waals surface area contributed by atoms with Crippen molar-refractivity contribution in [1.29, 1.82) is 0 Å². The first-order valence-electron chi connectivity index (χ1n) is 8.09. The summed E-state index contributed by atoms with van der Waals surface area (Å²) in [6, 6.07) is 3.07. The van der Waals surface area contributed by atoms with Gasteiger partial charge in [0.15, 0.2) is 0 Å². The fourth-order valence-electron chi connectivity index (χ4n) is 3.62. The maximum absolute atomic E-state index is 13.8. The summed E-state index contributed by atoms with van der Waals surface area (Å²) in [6.45, 7) is 5.48. The highest BCUT2D eigenvalue weighted by atomic mass is 35.5. The Morgan fingerprint density at radius 2 is 1.96 bits per heavy atom. The van der Waals surface area contributed by atoms with Crippen molar-refractivity contribution >= 4 is 41.8 Å². The van der Waals surface area contributed by atoms with E-state index in [4.69, 9.17) is 0 Å². The average molecular weight is 390 g/mol. The van der Waals surface area contributed by atoms with Gasteiger partial charge < -0.3 is 15.2 Å². The third-order valence-electron chi connectivity index (χ3n) is 4.84. The van der Waals surface area contributed by atoms with Crippen LogP contribution < -0.4 is 5.32 Å². The van der Waals surface area contributed by atoms with Crippen LogP contribution in [0.5, 0.6) is 0 Å². The van der Waals surface area contributed by atoms with Gasteiger partial charge in [0.2, 0.25) is 0 Å². The zero-order chi connectivity index (χ0) is 15.8. The van der Waals surface area contributed by atoms with Gasteiger partial charge in [-0.15, -0.1) is 24.8 Å². The number of rotatable bonds is 2. The number of imidazole rings is 1. The van der Waals surface area contributed by atoms with Gasteiger partial charge in [-0.25, -0.2) is 9.37 Å². The number of likely N-dealkylation sites (tertiary alicyclic amines) is 1. The lowest BCUT2D eigenvalue weighted by atomic mass is 10.1. The molecular formula is C16H22Cl2FN5O. The van der Waals surface area contributed by atoms with Crippen molar-refractivity contribution in [2.24, 2.45) is 0 Å². The Morgan fingerprint density at radius 3 is 2.72 bits per heavy atom. The fraction of sp³-hybridized carbons (Fsp3) is 0.500. The third-order valence-corrected chi connectivity index (χ3v) is 4.84. The van der Waals surface area contributed by atoms with Crippen molar-refractivity contribution in [2.45, 2.75) is 12.5 Å². The SMILES string of the molecule is Cl.Cl.O=C(c1cc(F)cc2[nH]cnc12)N1CCC(N2CCNCC2)C1. The first kappa shape index (κ1) is 19.9. The van der Waals surface area contributed by atoms with Crippen LogP contribution in [0.15, 0.2) is 18.5 Å². The van der Waals surface area contributed by atoms with Crippen LogP contribution in [0.1, 0.15) is 16.8 Å². The number of fused-ring (bicyclic) bond motifs is 1. The fourth-order valence-corrected chi connectivity index (χ4v) is 3.62. The quantitative estimate of drug-likeness (QED) is 0.819. The standard InChI is InChI=1S/C16H20FN5O.2ClH/c17-11-7-13(15-14(8-11)19-10-20-15)16(23)22-4-1-12(9-22)21-5-2-18-3-6-21;;/h7-8,10,12,18H,1-6,9H2,(H,19,20);2*1H. The number of carbonyl (C=O) groups is 1. The predicted octanol–water partition coefficient (Wildman–Crippen LogP) is 1.67. The monoisotopic (exact) mass is 389 g/mol. The number of hydrogen-bond acceptors (Lipinski definition) is 4. The number of nitrogens with zero attached hydrogens (tertiary/aromatic N) is 3. The molecule has 1 unspecified atom stereocenters. The Bertz CT molecular complexity index is 734. The van der Waals surface area contributed by atoms with Gasteiger partial charge in [-0.05, 0) is 18.6 Å². The van der Waals surface area contributed by atoms with E-state index in [1.54, 1.807) is 0 Å². The molecule has 2 aromatic rings. The van der Waals surface area contributed by atoms with E-state index in [-0.39, 0.29) is 30.7 Å². The Labute approximate surface area is 158 Å². The Hall–Kier alpha value is -1.41. The molecule has 1 aromatic heterocycles. The number of amides is 1. The first-order chi connectivity index (χ1) is 11.2. The van der Waals surface area contributed by atoms with Crippen LogP contribution in [0.4, 0.5) is 4.39 Å². The van der Waals surface area contributed by atoms with Gasteiger partial charge in [-0.2, -0.15) is 0 Å². The minimum atomic E-state index is -0.414. The maximum atomic E-state index is 13.8. The van der Waals surface area contributed by atoms with E-state index in [9.17, 15) is 9.18 Å². The molecule has 25 heavy (non-hydrogen) atoms. The molecule has 2 aliphatic heterocycles. The Morgan fingerprint density at radius 1 is 1.20 bits per heavy atom. The molecule has 0 bridgehead atoms. The van der Waals surface area contributed by atoms with Crippen LogP contribution in [0.2, 0.25) is 0 Å². The molecule has 9 heteroatoms. The van der Waals surface area contributed by atoms with Gasteiger partial charge in [0.05, 0.1) is 17.4 Å². The number of hydrogen-bond donors (Lipinski definition) is 2. The molecule has 2 saturated heterocycles. The molecule has 0 radical (unpaired) electrons. The predicted molar refractivity (Wildman–Crippen MR) is 99.3 cm³/mol. The molecule has 0 spiro atoms. The molecule has 1 aromatic carbocycles. The van der Waals surface area contributed by atoms with Crippen molar-refractivity contribution in [1.82, 2.24) is 25.1 Å². The number of H-pyrrole nitrogens is 1.